The molecule has 0 bridgehead atoms. The monoisotopic (exact) mass is 471 g/mol. The molecule has 0 atom stereocenters. The van der Waals surface area contributed by atoms with Gasteiger partial charge in [0.25, 0.3) is 5.91 Å². The van der Waals surface area contributed by atoms with Crippen LogP contribution in [0, 0.1) is 0 Å². The van der Waals surface area contributed by atoms with Crippen molar-refractivity contribution >= 4 is 46.0 Å². The zero-order valence-electron chi connectivity index (χ0n) is 18.8. The lowest BCUT2D eigenvalue weighted by Gasteiger charge is -2.15. The number of carbonyl (C=O) groups excluding carboxylic acids is 1. The van der Waals surface area contributed by atoms with Gasteiger partial charge in [0.15, 0.2) is 15.8 Å². The van der Waals surface area contributed by atoms with Crippen LogP contribution in [0.5, 0.6) is 17.2 Å². The van der Waals surface area contributed by atoms with E-state index in [0.717, 1.165) is 29.8 Å². The molecule has 1 aliphatic rings. The van der Waals surface area contributed by atoms with E-state index >= 15 is 0 Å². The normalized spacial score (nSPS) is 14.8. The highest BCUT2D eigenvalue weighted by Crippen LogP contribution is 2.37. The molecular formula is C25H29NO4S2. The van der Waals surface area contributed by atoms with Crippen molar-refractivity contribution in [3.8, 4) is 17.2 Å². The summed E-state index contributed by atoms with van der Waals surface area (Å²) in [5.74, 6) is 1.98. The van der Waals surface area contributed by atoms with E-state index in [1.807, 2.05) is 55.5 Å². The predicted molar refractivity (Wildman–Crippen MR) is 136 cm³/mol. The van der Waals surface area contributed by atoms with Crippen LogP contribution in [-0.2, 0) is 4.79 Å². The number of hydrogen-bond donors (Lipinski definition) is 0. The molecular weight excluding hydrogens is 442 g/mol. The van der Waals surface area contributed by atoms with Crippen molar-refractivity contribution in [3.63, 3.8) is 0 Å². The first kappa shape index (κ1) is 24.1. The fraction of sp³-hybridized carbons (Fsp3) is 0.360. The minimum absolute atomic E-state index is 0.139. The Balaban J connectivity index is 1.72. The molecule has 3 rings (SSSR count). The first-order chi connectivity index (χ1) is 15.6. The predicted octanol–water partition coefficient (Wildman–Crippen LogP) is 6.46. The summed E-state index contributed by atoms with van der Waals surface area (Å²) in [6.45, 7) is 5.38. The van der Waals surface area contributed by atoms with Crippen molar-refractivity contribution in [2.75, 3.05) is 25.2 Å². The number of anilines is 1. The molecule has 0 aliphatic carbocycles. The third-order valence-corrected chi connectivity index (χ3v) is 6.24. The largest absolute Gasteiger partial charge is 0.494 e. The van der Waals surface area contributed by atoms with Crippen LogP contribution >= 0.6 is 24.0 Å². The Hall–Kier alpha value is -2.51. The molecule has 0 aromatic heterocycles. The van der Waals surface area contributed by atoms with E-state index in [9.17, 15) is 4.79 Å². The maximum atomic E-state index is 13.0. The molecule has 1 fully saturated rings. The topological polar surface area (TPSA) is 48.0 Å². The number of nitrogens with zero attached hydrogens (tertiary/aromatic N) is 1. The Morgan fingerprint density at radius 2 is 1.78 bits per heavy atom. The molecule has 7 heteroatoms. The summed E-state index contributed by atoms with van der Waals surface area (Å²) < 4.78 is 17.4. The molecule has 1 heterocycles. The summed E-state index contributed by atoms with van der Waals surface area (Å²) in [6, 6.07) is 13.1. The van der Waals surface area contributed by atoms with Gasteiger partial charge in [0.1, 0.15) is 5.75 Å². The smallest absolute Gasteiger partial charge is 0.270 e. The van der Waals surface area contributed by atoms with Gasteiger partial charge in [-0.3, -0.25) is 9.69 Å². The summed E-state index contributed by atoms with van der Waals surface area (Å²) in [4.78, 5) is 15.2. The molecule has 2 aromatic carbocycles. The zero-order valence-corrected chi connectivity index (χ0v) is 20.4. The lowest BCUT2D eigenvalue weighted by Crippen LogP contribution is -2.27. The van der Waals surface area contributed by atoms with Gasteiger partial charge in [0.05, 0.1) is 30.9 Å². The van der Waals surface area contributed by atoms with E-state index in [4.69, 9.17) is 26.4 Å². The number of ether oxygens (including phenoxy) is 3. The third kappa shape index (κ3) is 6.04. The Labute approximate surface area is 199 Å². The van der Waals surface area contributed by atoms with Crippen LogP contribution in [0.3, 0.4) is 0 Å². The number of thioether (sulfide) groups is 1. The fourth-order valence-electron chi connectivity index (χ4n) is 3.30. The van der Waals surface area contributed by atoms with E-state index in [-0.39, 0.29) is 5.91 Å². The molecule has 1 aliphatic heterocycles. The van der Waals surface area contributed by atoms with Crippen molar-refractivity contribution in [3.05, 3.63) is 52.9 Å². The van der Waals surface area contributed by atoms with Crippen molar-refractivity contribution in [1.82, 2.24) is 0 Å². The van der Waals surface area contributed by atoms with E-state index in [1.165, 1.54) is 24.6 Å². The minimum atomic E-state index is -0.139. The number of amides is 1. The number of benzene rings is 2. The summed E-state index contributed by atoms with van der Waals surface area (Å²) in [7, 11) is 1.62. The Kier molecular flexibility index (Phi) is 9.00. The fourth-order valence-corrected chi connectivity index (χ4v) is 4.60. The lowest BCUT2D eigenvalue weighted by molar-refractivity contribution is -0.113. The quantitative estimate of drug-likeness (QED) is 0.213. The molecule has 0 saturated carbocycles. The minimum Gasteiger partial charge on any atom is -0.494 e. The van der Waals surface area contributed by atoms with Crippen LogP contribution in [0.4, 0.5) is 5.69 Å². The number of carbonyl (C=O) groups is 1. The molecule has 5 nitrogen and oxygen atoms in total. The van der Waals surface area contributed by atoms with Crippen molar-refractivity contribution in [2.45, 2.75) is 39.5 Å². The van der Waals surface area contributed by atoms with Crippen LogP contribution in [0.2, 0.25) is 0 Å². The molecule has 0 unspecified atom stereocenters. The average Bonchev–Trinajstić information content (AvgIpc) is 3.07. The van der Waals surface area contributed by atoms with Gasteiger partial charge in [0, 0.05) is 0 Å². The van der Waals surface area contributed by atoms with Gasteiger partial charge in [-0.1, -0.05) is 56.2 Å². The molecule has 170 valence electrons. The maximum absolute atomic E-state index is 13.0. The third-order valence-electron chi connectivity index (χ3n) is 4.94. The first-order valence-electron chi connectivity index (χ1n) is 10.9. The number of rotatable bonds is 11. The van der Waals surface area contributed by atoms with Gasteiger partial charge in [-0.2, -0.15) is 0 Å². The molecule has 1 saturated heterocycles. The van der Waals surface area contributed by atoms with Crippen LogP contribution in [0.1, 0.15) is 45.1 Å². The second-order valence-corrected chi connectivity index (χ2v) is 8.94. The Morgan fingerprint density at radius 1 is 1.00 bits per heavy atom. The van der Waals surface area contributed by atoms with Gasteiger partial charge in [-0.15, -0.1) is 0 Å². The molecule has 1 amide bonds. The molecule has 0 radical (unpaired) electrons. The van der Waals surface area contributed by atoms with E-state index in [1.54, 1.807) is 12.0 Å². The van der Waals surface area contributed by atoms with Crippen molar-refractivity contribution in [2.24, 2.45) is 0 Å². The van der Waals surface area contributed by atoms with Gasteiger partial charge in [0.2, 0.25) is 0 Å². The maximum Gasteiger partial charge on any atom is 0.270 e. The number of thiocarbonyl (C=S) groups is 1. The number of methoxy groups -OCH3 is 1. The SMILES string of the molecule is CCCCCCOc1ccc(/C=C2\SC(=S)N(c3ccc(OCC)cc3)C2=O)cc1OC. The van der Waals surface area contributed by atoms with Crippen LogP contribution in [0.25, 0.3) is 6.08 Å². The van der Waals surface area contributed by atoms with Crippen LogP contribution in [0.15, 0.2) is 47.4 Å². The van der Waals surface area contributed by atoms with Gasteiger partial charge in [-0.05, 0) is 61.4 Å². The second-order valence-electron chi connectivity index (χ2n) is 7.26. The van der Waals surface area contributed by atoms with Gasteiger partial charge < -0.3 is 14.2 Å². The summed E-state index contributed by atoms with van der Waals surface area (Å²) in [5, 5.41) is 0. The highest BCUT2D eigenvalue weighted by atomic mass is 32.2. The van der Waals surface area contributed by atoms with E-state index < -0.39 is 0 Å². The van der Waals surface area contributed by atoms with Crippen molar-refractivity contribution in [1.29, 1.82) is 0 Å². The number of hydrogen-bond acceptors (Lipinski definition) is 6. The second kappa shape index (κ2) is 11.9. The highest BCUT2D eigenvalue weighted by molar-refractivity contribution is 8.27. The average molecular weight is 472 g/mol. The molecule has 0 spiro atoms. The van der Waals surface area contributed by atoms with E-state index in [2.05, 4.69) is 6.92 Å². The zero-order chi connectivity index (χ0) is 22.9. The lowest BCUT2D eigenvalue weighted by atomic mass is 10.1. The van der Waals surface area contributed by atoms with Crippen LogP contribution < -0.4 is 19.1 Å². The number of unbranched alkanes of at least 4 members (excludes halogenated alkanes) is 3. The van der Waals surface area contributed by atoms with Gasteiger partial charge >= 0.3 is 0 Å². The van der Waals surface area contributed by atoms with Crippen molar-refractivity contribution < 1.29 is 19.0 Å². The summed E-state index contributed by atoms with van der Waals surface area (Å²) >= 11 is 6.77. The van der Waals surface area contributed by atoms with Crippen LogP contribution in [-0.4, -0.2) is 30.6 Å². The summed E-state index contributed by atoms with van der Waals surface area (Å²) in [6.07, 6.45) is 6.43. The standard InChI is InChI=1S/C25H29NO4S2/c1-4-6-7-8-15-30-21-14-9-18(16-22(21)28-3)17-23-24(27)26(25(31)32-23)19-10-12-20(13-11-19)29-5-2/h9-14,16-17H,4-8,15H2,1-3H3/b23-17-. The molecule has 0 N–H and O–H groups in total. The van der Waals surface area contributed by atoms with Gasteiger partial charge in [-0.25, -0.2) is 0 Å². The van der Waals surface area contributed by atoms with E-state index in [0.29, 0.717) is 33.9 Å². The Bertz CT molecular complexity index is 972. The Morgan fingerprint density at radius 3 is 2.47 bits per heavy atom. The molecule has 2 aromatic rings. The summed E-state index contributed by atoms with van der Waals surface area (Å²) in [5.41, 5.74) is 1.58. The first-order valence-corrected chi connectivity index (χ1v) is 12.1. The molecule has 32 heavy (non-hydrogen) atoms. The highest BCUT2D eigenvalue weighted by Gasteiger charge is 2.33.